The molecule has 0 atom stereocenters. The normalized spacial score (nSPS) is 10.6. The molecule has 0 bridgehead atoms. The Morgan fingerprint density at radius 1 is 0.944 bits per heavy atom. The van der Waals surface area contributed by atoms with Crippen LogP contribution in [0.1, 0.15) is 33.2 Å². The number of aliphatic carboxylic acids is 1. The molecule has 0 saturated carbocycles. The van der Waals surface area contributed by atoms with Gasteiger partial charge < -0.3 is 20.4 Å². The second kappa shape index (κ2) is 12.6. The van der Waals surface area contributed by atoms with Gasteiger partial charge in [0.15, 0.2) is 0 Å². The number of anilines is 2. The van der Waals surface area contributed by atoms with E-state index >= 15 is 0 Å². The molecule has 0 heterocycles. The van der Waals surface area contributed by atoms with Crippen molar-refractivity contribution in [2.45, 2.75) is 19.6 Å². The van der Waals surface area contributed by atoms with E-state index in [1.807, 2.05) is 42.2 Å². The molecule has 0 aliphatic rings. The number of hydrogen-bond donors (Lipinski definition) is 3. The van der Waals surface area contributed by atoms with Crippen LogP contribution in [0, 0.1) is 0 Å². The highest BCUT2D eigenvalue weighted by Gasteiger charge is 2.38. The SMILES string of the molecule is CCN(Cc1ccccc1)c1ccc(NC(=O)c2ccc(Cl)cc2)cc1C(=O)O.O=C(O)C(F)(F)F. The van der Waals surface area contributed by atoms with Crippen LogP contribution in [-0.4, -0.2) is 40.8 Å². The molecule has 1 amide bonds. The molecule has 7 nitrogen and oxygen atoms in total. The maximum Gasteiger partial charge on any atom is 0.490 e. The number of carboxylic acids is 2. The maximum absolute atomic E-state index is 12.4. The third-order valence-corrected chi connectivity index (χ3v) is 5.02. The van der Waals surface area contributed by atoms with Crippen molar-refractivity contribution in [2.24, 2.45) is 0 Å². The first kappa shape index (κ1) is 28.2. The minimum absolute atomic E-state index is 0.136. The maximum atomic E-state index is 12.4. The van der Waals surface area contributed by atoms with Crippen molar-refractivity contribution in [3.63, 3.8) is 0 Å². The van der Waals surface area contributed by atoms with E-state index in [1.165, 1.54) is 6.07 Å². The van der Waals surface area contributed by atoms with Gasteiger partial charge in [-0.15, -0.1) is 0 Å². The highest BCUT2D eigenvalue weighted by molar-refractivity contribution is 6.30. The molecule has 0 aliphatic heterocycles. The molecule has 0 radical (unpaired) electrons. The summed E-state index contributed by atoms with van der Waals surface area (Å²) >= 11 is 5.85. The fourth-order valence-corrected chi connectivity index (χ4v) is 3.16. The molecule has 3 aromatic carbocycles. The Balaban J connectivity index is 0.000000572. The smallest absolute Gasteiger partial charge is 0.478 e. The molecule has 0 aromatic heterocycles. The monoisotopic (exact) mass is 522 g/mol. The van der Waals surface area contributed by atoms with Gasteiger partial charge in [-0.2, -0.15) is 13.2 Å². The summed E-state index contributed by atoms with van der Waals surface area (Å²) in [5, 5.41) is 20.1. The number of aromatic carboxylic acids is 1. The molecule has 190 valence electrons. The molecule has 3 aromatic rings. The third kappa shape index (κ3) is 8.31. The molecule has 0 unspecified atom stereocenters. The minimum atomic E-state index is -5.08. The lowest BCUT2D eigenvalue weighted by molar-refractivity contribution is -0.192. The summed E-state index contributed by atoms with van der Waals surface area (Å²) in [4.78, 5) is 35.2. The van der Waals surface area contributed by atoms with E-state index < -0.39 is 18.1 Å². The number of alkyl halides is 3. The summed E-state index contributed by atoms with van der Waals surface area (Å²) in [5.74, 6) is -4.14. The van der Waals surface area contributed by atoms with Crippen LogP contribution >= 0.6 is 11.6 Å². The minimum Gasteiger partial charge on any atom is -0.478 e. The Bertz CT molecular complexity index is 1200. The molecule has 36 heavy (non-hydrogen) atoms. The first-order valence-electron chi connectivity index (χ1n) is 10.5. The lowest BCUT2D eigenvalue weighted by Crippen LogP contribution is -2.24. The summed E-state index contributed by atoms with van der Waals surface area (Å²) in [6.45, 7) is 3.21. The fourth-order valence-electron chi connectivity index (χ4n) is 3.04. The van der Waals surface area contributed by atoms with E-state index in [1.54, 1.807) is 36.4 Å². The average molecular weight is 523 g/mol. The molecule has 3 rings (SSSR count). The zero-order chi connectivity index (χ0) is 26.9. The Morgan fingerprint density at radius 2 is 1.53 bits per heavy atom. The first-order valence-corrected chi connectivity index (χ1v) is 10.8. The number of nitrogens with one attached hydrogen (secondary N) is 1. The third-order valence-electron chi connectivity index (χ3n) is 4.77. The van der Waals surface area contributed by atoms with Crippen LogP contribution in [0.15, 0.2) is 72.8 Å². The summed E-state index contributed by atoms with van der Waals surface area (Å²) in [6.07, 6.45) is -5.08. The largest absolute Gasteiger partial charge is 0.490 e. The predicted molar refractivity (Wildman–Crippen MR) is 130 cm³/mol. The van der Waals surface area contributed by atoms with Gasteiger partial charge in [-0.05, 0) is 55.0 Å². The first-order chi connectivity index (χ1) is 16.9. The van der Waals surface area contributed by atoms with Gasteiger partial charge in [0.25, 0.3) is 5.91 Å². The molecule has 0 fully saturated rings. The Hall–Kier alpha value is -4.05. The number of carbonyl (C=O) groups excluding carboxylic acids is 1. The van der Waals surface area contributed by atoms with Gasteiger partial charge in [-0.1, -0.05) is 41.9 Å². The summed E-state index contributed by atoms with van der Waals surface area (Å²) in [5.41, 5.74) is 2.69. The van der Waals surface area contributed by atoms with Crippen molar-refractivity contribution in [3.05, 3.63) is 94.5 Å². The highest BCUT2D eigenvalue weighted by atomic mass is 35.5. The zero-order valence-corrected chi connectivity index (χ0v) is 19.7. The van der Waals surface area contributed by atoms with Crippen LogP contribution in [0.3, 0.4) is 0 Å². The van der Waals surface area contributed by atoms with Crippen LogP contribution in [0.4, 0.5) is 24.5 Å². The van der Waals surface area contributed by atoms with Crippen molar-refractivity contribution >= 4 is 40.8 Å². The van der Waals surface area contributed by atoms with Gasteiger partial charge in [-0.3, -0.25) is 4.79 Å². The molecular formula is C25H22ClF3N2O5. The van der Waals surface area contributed by atoms with E-state index in [0.29, 0.717) is 35.1 Å². The van der Waals surface area contributed by atoms with Crippen molar-refractivity contribution < 1.29 is 37.8 Å². The number of benzene rings is 3. The highest BCUT2D eigenvalue weighted by Crippen LogP contribution is 2.26. The van der Waals surface area contributed by atoms with Gasteiger partial charge in [0.2, 0.25) is 0 Å². The summed E-state index contributed by atoms with van der Waals surface area (Å²) in [7, 11) is 0. The quantitative estimate of drug-likeness (QED) is 0.354. The van der Waals surface area contributed by atoms with Crippen molar-refractivity contribution in [2.75, 3.05) is 16.8 Å². The van der Waals surface area contributed by atoms with Gasteiger partial charge in [0.1, 0.15) is 0 Å². The van der Waals surface area contributed by atoms with E-state index in [9.17, 15) is 27.9 Å². The van der Waals surface area contributed by atoms with Crippen LogP contribution in [0.5, 0.6) is 0 Å². The van der Waals surface area contributed by atoms with Gasteiger partial charge in [-0.25, -0.2) is 9.59 Å². The van der Waals surface area contributed by atoms with E-state index in [2.05, 4.69) is 5.32 Å². The van der Waals surface area contributed by atoms with Crippen LogP contribution in [0.2, 0.25) is 5.02 Å². The Morgan fingerprint density at radius 3 is 2.03 bits per heavy atom. The number of carbonyl (C=O) groups is 3. The number of hydrogen-bond acceptors (Lipinski definition) is 4. The lowest BCUT2D eigenvalue weighted by Gasteiger charge is -2.25. The molecule has 11 heteroatoms. The van der Waals surface area contributed by atoms with Crippen molar-refractivity contribution in [1.82, 2.24) is 0 Å². The Kier molecular flexibility index (Phi) is 9.86. The summed E-state index contributed by atoms with van der Waals surface area (Å²) in [6, 6.07) is 21.3. The van der Waals surface area contributed by atoms with Crippen molar-refractivity contribution in [1.29, 1.82) is 0 Å². The summed E-state index contributed by atoms with van der Waals surface area (Å²) < 4.78 is 31.7. The number of halogens is 4. The van der Waals surface area contributed by atoms with E-state index in [-0.39, 0.29) is 11.5 Å². The second-order valence-corrected chi connectivity index (χ2v) is 7.74. The number of carboxylic acid groups (broad SMARTS) is 2. The standard InChI is InChI=1S/C23H21ClN2O3.C2HF3O2/c1-2-26(15-16-6-4-3-5-7-16)21-13-12-19(14-20(21)23(28)29)25-22(27)17-8-10-18(24)11-9-17;3-2(4,5)1(6)7/h3-14H,2,15H2,1H3,(H,25,27)(H,28,29);(H,6,7). The zero-order valence-electron chi connectivity index (χ0n) is 18.9. The van der Waals surface area contributed by atoms with Gasteiger partial charge in [0, 0.05) is 29.4 Å². The molecule has 0 spiro atoms. The fraction of sp³-hybridized carbons (Fsp3) is 0.160. The van der Waals surface area contributed by atoms with E-state index in [4.69, 9.17) is 21.5 Å². The topological polar surface area (TPSA) is 107 Å². The number of nitrogens with zero attached hydrogens (tertiary/aromatic N) is 1. The molecule has 3 N–H and O–H groups in total. The van der Waals surface area contributed by atoms with Crippen LogP contribution in [0.25, 0.3) is 0 Å². The van der Waals surface area contributed by atoms with E-state index in [0.717, 1.165) is 5.56 Å². The number of rotatable bonds is 7. The predicted octanol–water partition coefficient (Wildman–Crippen LogP) is 5.95. The Labute approximate surface area is 209 Å². The van der Waals surface area contributed by atoms with Gasteiger partial charge in [0.05, 0.1) is 11.3 Å². The average Bonchev–Trinajstić information content (AvgIpc) is 2.83. The molecule has 0 saturated heterocycles. The molecular weight excluding hydrogens is 501 g/mol. The van der Waals surface area contributed by atoms with Crippen molar-refractivity contribution in [3.8, 4) is 0 Å². The van der Waals surface area contributed by atoms with Crippen LogP contribution in [-0.2, 0) is 11.3 Å². The second-order valence-electron chi connectivity index (χ2n) is 7.30. The number of amides is 1. The van der Waals surface area contributed by atoms with Gasteiger partial charge >= 0.3 is 18.1 Å². The van der Waals surface area contributed by atoms with Crippen LogP contribution < -0.4 is 10.2 Å². The lowest BCUT2D eigenvalue weighted by atomic mass is 10.1. The molecule has 0 aliphatic carbocycles.